The first-order valence-electron chi connectivity index (χ1n) is 12.4. The van der Waals surface area contributed by atoms with E-state index in [1.54, 1.807) is 29.8 Å². The standard InChI is InChI=1S/C28H22F4N6O3S/c1-17-7-8-19(13-41-15-28(30,31)32)23(11-17)38-24(39)14-42-27(38)35-26(40)34-22-10-9-18(12-21(22)29)25-33-16-37(36-25)20-5-3-2-4-6-20/h2-12,16H,13-15H2,1H3,(H,34,40)/b35-27-. The van der Waals surface area contributed by atoms with E-state index >= 15 is 0 Å². The van der Waals surface area contributed by atoms with Crippen LogP contribution in [0.1, 0.15) is 11.1 Å². The Bertz CT molecular complexity index is 1660. The highest BCUT2D eigenvalue weighted by Crippen LogP contribution is 2.32. The van der Waals surface area contributed by atoms with E-state index in [4.69, 9.17) is 4.74 Å². The third-order valence-electron chi connectivity index (χ3n) is 5.95. The number of ether oxygens (including phenoxy) is 1. The Kier molecular flexibility index (Phi) is 8.36. The maximum Gasteiger partial charge on any atom is 0.411 e. The molecule has 4 aromatic rings. The predicted molar refractivity (Wildman–Crippen MR) is 150 cm³/mol. The molecule has 0 saturated carbocycles. The number of alkyl halides is 3. The van der Waals surface area contributed by atoms with E-state index in [0.29, 0.717) is 11.1 Å². The Morgan fingerprint density at radius 2 is 1.90 bits per heavy atom. The van der Waals surface area contributed by atoms with Crippen LogP contribution in [0.15, 0.2) is 78.0 Å². The molecule has 0 radical (unpaired) electrons. The van der Waals surface area contributed by atoms with Gasteiger partial charge in [0.1, 0.15) is 18.8 Å². The number of aliphatic imine (C=N–C) groups is 1. The van der Waals surface area contributed by atoms with Crippen molar-refractivity contribution in [2.75, 3.05) is 22.6 Å². The van der Waals surface area contributed by atoms with Gasteiger partial charge >= 0.3 is 12.2 Å². The van der Waals surface area contributed by atoms with Crippen molar-refractivity contribution < 1.29 is 31.9 Å². The lowest BCUT2D eigenvalue weighted by Gasteiger charge is -2.21. The number of para-hydroxylation sites is 1. The fourth-order valence-corrected chi connectivity index (χ4v) is 4.91. The Labute approximate surface area is 241 Å². The monoisotopic (exact) mass is 598 g/mol. The van der Waals surface area contributed by atoms with Gasteiger partial charge in [-0.05, 0) is 48.9 Å². The third kappa shape index (κ3) is 6.83. The molecular formula is C28H22F4N6O3S. The molecule has 2 heterocycles. The van der Waals surface area contributed by atoms with Gasteiger partial charge in [0.05, 0.1) is 29.4 Å². The highest BCUT2D eigenvalue weighted by atomic mass is 32.2. The number of thioether (sulfide) groups is 1. The van der Waals surface area contributed by atoms with Crippen LogP contribution < -0.4 is 10.2 Å². The normalized spacial score (nSPS) is 14.5. The molecule has 3 aromatic carbocycles. The van der Waals surface area contributed by atoms with Crippen molar-refractivity contribution in [3.05, 3.63) is 90.0 Å². The first-order valence-corrected chi connectivity index (χ1v) is 13.4. The van der Waals surface area contributed by atoms with Crippen LogP contribution in [-0.4, -0.2) is 50.4 Å². The lowest BCUT2D eigenvalue weighted by Crippen LogP contribution is -2.31. The molecule has 9 nitrogen and oxygen atoms in total. The number of anilines is 2. The number of aromatic nitrogens is 3. The van der Waals surface area contributed by atoms with Gasteiger partial charge in [-0.25, -0.2) is 18.9 Å². The van der Waals surface area contributed by atoms with Crippen LogP contribution in [-0.2, 0) is 16.1 Å². The minimum Gasteiger partial charge on any atom is -0.367 e. The number of carbonyl (C=O) groups is 2. The summed E-state index contributed by atoms with van der Waals surface area (Å²) in [5.74, 6) is -0.950. The minimum atomic E-state index is -4.51. The van der Waals surface area contributed by atoms with E-state index in [9.17, 15) is 27.2 Å². The van der Waals surface area contributed by atoms with Gasteiger partial charge in [-0.15, -0.1) is 5.10 Å². The number of urea groups is 1. The second-order valence-electron chi connectivity index (χ2n) is 9.13. The summed E-state index contributed by atoms with van der Waals surface area (Å²) >= 11 is 0.971. The zero-order valence-electron chi connectivity index (χ0n) is 21.9. The second-order valence-corrected chi connectivity index (χ2v) is 10.1. The van der Waals surface area contributed by atoms with Crippen molar-refractivity contribution in [1.82, 2.24) is 14.8 Å². The summed E-state index contributed by atoms with van der Waals surface area (Å²) in [5.41, 5.74) is 2.28. The molecule has 0 unspecified atom stereocenters. The highest BCUT2D eigenvalue weighted by Gasteiger charge is 2.33. The first-order chi connectivity index (χ1) is 20.1. The van der Waals surface area contributed by atoms with E-state index in [1.807, 2.05) is 30.3 Å². The zero-order valence-corrected chi connectivity index (χ0v) is 22.7. The molecule has 1 aliphatic heterocycles. The predicted octanol–water partition coefficient (Wildman–Crippen LogP) is 6.13. The molecule has 0 aliphatic carbocycles. The van der Waals surface area contributed by atoms with Crippen molar-refractivity contribution in [2.24, 2.45) is 4.99 Å². The smallest absolute Gasteiger partial charge is 0.367 e. The molecule has 1 aromatic heterocycles. The molecular weight excluding hydrogens is 576 g/mol. The number of carbonyl (C=O) groups excluding carboxylic acids is 2. The third-order valence-corrected chi connectivity index (χ3v) is 6.87. The molecule has 14 heteroatoms. The number of halogens is 4. The number of nitrogens with zero attached hydrogens (tertiary/aromatic N) is 5. The van der Waals surface area contributed by atoms with Gasteiger partial charge in [-0.1, -0.05) is 42.1 Å². The Hall–Kier alpha value is -4.56. The summed E-state index contributed by atoms with van der Waals surface area (Å²) in [4.78, 5) is 34.8. The molecule has 0 atom stereocenters. The molecule has 0 spiro atoms. The molecule has 1 fully saturated rings. The quantitative estimate of drug-likeness (QED) is 0.257. The van der Waals surface area contributed by atoms with E-state index in [0.717, 1.165) is 27.9 Å². The van der Waals surface area contributed by atoms with Crippen LogP contribution in [0.2, 0.25) is 0 Å². The van der Waals surface area contributed by atoms with Crippen LogP contribution in [0.5, 0.6) is 0 Å². The van der Waals surface area contributed by atoms with Crippen LogP contribution in [0.4, 0.5) is 33.7 Å². The van der Waals surface area contributed by atoms with Crippen LogP contribution in [0.25, 0.3) is 17.1 Å². The molecule has 1 N–H and O–H groups in total. The van der Waals surface area contributed by atoms with Gasteiger partial charge in [0, 0.05) is 11.1 Å². The molecule has 1 saturated heterocycles. The van der Waals surface area contributed by atoms with Crippen LogP contribution in [0, 0.1) is 12.7 Å². The Morgan fingerprint density at radius 1 is 1.12 bits per heavy atom. The fraction of sp³-hybridized carbons (Fsp3) is 0.179. The van der Waals surface area contributed by atoms with Crippen molar-refractivity contribution in [3.8, 4) is 17.1 Å². The molecule has 216 valence electrons. The number of hydrogen-bond donors (Lipinski definition) is 1. The molecule has 42 heavy (non-hydrogen) atoms. The number of benzene rings is 3. The number of rotatable bonds is 7. The summed E-state index contributed by atoms with van der Waals surface area (Å²) in [5, 5.41) is 6.72. The number of amides is 3. The summed E-state index contributed by atoms with van der Waals surface area (Å²) < 4.78 is 59.0. The first kappa shape index (κ1) is 29.0. The van der Waals surface area contributed by atoms with Crippen molar-refractivity contribution in [3.63, 3.8) is 0 Å². The molecule has 3 amide bonds. The van der Waals surface area contributed by atoms with Gasteiger partial charge in [0.2, 0.25) is 5.91 Å². The SMILES string of the molecule is Cc1ccc(COCC(F)(F)F)c(N2C(=O)CS/C2=N\C(=O)Nc2ccc(-c3ncn(-c4ccccc4)n3)cc2F)c1. The van der Waals surface area contributed by atoms with E-state index in [-0.39, 0.29) is 28.1 Å². The lowest BCUT2D eigenvalue weighted by atomic mass is 10.1. The van der Waals surface area contributed by atoms with Crippen molar-refractivity contribution in [2.45, 2.75) is 19.7 Å². The second kappa shape index (κ2) is 12.1. The van der Waals surface area contributed by atoms with Crippen molar-refractivity contribution in [1.29, 1.82) is 0 Å². The van der Waals surface area contributed by atoms with Gasteiger partial charge in [-0.3, -0.25) is 9.69 Å². The zero-order chi connectivity index (χ0) is 29.9. The van der Waals surface area contributed by atoms with E-state index < -0.39 is 37.1 Å². The number of aryl methyl sites for hydroxylation is 1. The van der Waals surface area contributed by atoms with E-state index in [2.05, 4.69) is 20.4 Å². The maximum atomic E-state index is 15.0. The number of nitrogens with one attached hydrogen (secondary N) is 1. The molecule has 1 aliphatic rings. The van der Waals surface area contributed by atoms with E-state index in [1.165, 1.54) is 24.5 Å². The summed E-state index contributed by atoms with van der Waals surface area (Å²) in [7, 11) is 0. The van der Waals surface area contributed by atoms with Gasteiger partial charge in [0.25, 0.3) is 0 Å². The summed E-state index contributed by atoms with van der Waals surface area (Å²) in [6, 6.07) is 17.2. The summed E-state index contributed by atoms with van der Waals surface area (Å²) in [6.45, 7) is -0.129. The number of hydrogen-bond acceptors (Lipinski definition) is 6. The lowest BCUT2D eigenvalue weighted by molar-refractivity contribution is -0.176. The molecule has 5 rings (SSSR count). The highest BCUT2D eigenvalue weighted by molar-refractivity contribution is 8.15. The maximum absolute atomic E-state index is 15.0. The number of amidine groups is 1. The molecule has 0 bridgehead atoms. The van der Waals surface area contributed by atoms with Crippen LogP contribution >= 0.6 is 11.8 Å². The Morgan fingerprint density at radius 3 is 2.64 bits per heavy atom. The largest absolute Gasteiger partial charge is 0.411 e. The average Bonchev–Trinajstić information content (AvgIpc) is 3.58. The topological polar surface area (TPSA) is 102 Å². The average molecular weight is 599 g/mol. The Balaban J connectivity index is 1.32. The van der Waals surface area contributed by atoms with Crippen molar-refractivity contribution >= 4 is 40.2 Å². The fourth-order valence-electron chi connectivity index (χ4n) is 4.05. The van der Waals surface area contributed by atoms with Gasteiger partial charge in [-0.2, -0.15) is 18.2 Å². The van der Waals surface area contributed by atoms with Crippen LogP contribution in [0.3, 0.4) is 0 Å². The minimum absolute atomic E-state index is 0.00662. The van der Waals surface area contributed by atoms with Gasteiger partial charge in [0.15, 0.2) is 11.0 Å². The summed E-state index contributed by atoms with van der Waals surface area (Å²) in [6.07, 6.45) is -3.01. The van der Waals surface area contributed by atoms with Gasteiger partial charge < -0.3 is 10.1 Å².